The lowest BCUT2D eigenvalue weighted by Gasteiger charge is -2.01. The quantitative estimate of drug-likeness (QED) is 0.647. The maximum absolute atomic E-state index is 5.77. The molecule has 0 saturated heterocycles. The monoisotopic (exact) mass is 225 g/mol. The minimum atomic E-state index is 0.559. The summed E-state index contributed by atoms with van der Waals surface area (Å²) in [6.07, 6.45) is 1.70. The molecule has 0 bridgehead atoms. The lowest BCUT2D eigenvalue weighted by molar-refractivity contribution is 0.619. The summed E-state index contributed by atoms with van der Waals surface area (Å²) in [6.45, 7) is 2.00. The van der Waals surface area contributed by atoms with E-state index in [9.17, 15) is 0 Å². The average molecular weight is 225 g/mol. The van der Waals surface area contributed by atoms with E-state index in [0.717, 1.165) is 11.1 Å². The Morgan fingerprint density at radius 3 is 2.94 bits per heavy atom. The van der Waals surface area contributed by atoms with E-state index >= 15 is 0 Å². The van der Waals surface area contributed by atoms with Crippen LogP contribution in [0.15, 0.2) is 40.9 Å². The summed E-state index contributed by atoms with van der Waals surface area (Å²) in [4.78, 5) is 8.49. The molecule has 4 nitrogen and oxygen atoms in total. The predicted octanol–water partition coefficient (Wildman–Crippen LogP) is 2.78. The molecule has 2 aromatic heterocycles. The highest BCUT2D eigenvalue weighted by atomic mass is 16.3. The molecular weight excluding hydrogens is 214 g/mol. The predicted molar refractivity (Wildman–Crippen MR) is 66.4 cm³/mol. The molecule has 0 amide bonds. The van der Waals surface area contributed by atoms with Crippen molar-refractivity contribution in [3.8, 4) is 11.5 Å². The lowest BCUT2D eigenvalue weighted by Crippen LogP contribution is -1.88. The standard InChI is InChI=1S/C13H11N3O/c1-8-4-5-9(14)7-10(8)13-16-12-11(17-13)3-2-6-15-12/h2-7H,14H2,1H3. The topological polar surface area (TPSA) is 64.9 Å². The van der Waals surface area contributed by atoms with Crippen LogP contribution in [0.5, 0.6) is 0 Å². The first kappa shape index (κ1) is 9.84. The molecule has 4 heteroatoms. The van der Waals surface area contributed by atoms with Gasteiger partial charge in [0.1, 0.15) is 0 Å². The van der Waals surface area contributed by atoms with E-state index in [1.54, 1.807) is 6.20 Å². The van der Waals surface area contributed by atoms with Crippen LogP contribution >= 0.6 is 0 Å². The number of nitrogens with zero attached hydrogens (tertiary/aromatic N) is 2. The number of aromatic nitrogens is 2. The molecule has 0 atom stereocenters. The van der Waals surface area contributed by atoms with Crippen molar-refractivity contribution < 1.29 is 4.42 Å². The third kappa shape index (κ3) is 1.63. The molecule has 2 N–H and O–H groups in total. The van der Waals surface area contributed by atoms with Crippen molar-refractivity contribution in [1.82, 2.24) is 9.97 Å². The zero-order valence-corrected chi connectivity index (χ0v) is 9.34. The third-order valence-corrected chi connectivity index (χ3v) is 2.66. The van der Waals surface area contributed by atoms with Crippen LogP contribution in [0, 0.1) is 6.92 Å². The van der Waals surface area contributed by atoms with Gasteiger partial charge >= 0.3 is 0 Å². The Bertz CT molecular complexity index is 655. The van der Waals surface area contributed by atoms with Gasteiger partial charge in [-0.1, -0.05) is 6.07 Å². The minimum Gasteiger partial charge on any atom is -0.434 e. The van der Waals surface area contributed by atoms with Gasteiger partial charge in [-0.2, -0.15) is 4.98 Å². The van der Waals surface area contributed by atoms with Crippen molar-refractivity contribution in [2.75, 3.05) is 5.73 Å². The number of fused-ring (bicyclic) bond motifs is 1. The molecule has 0 radical (unpaired) electrons. The number of nitrogens with two attached hydrogens (primary N) is 1. The Hall–Kier alpha value is -2.36. The summed E-state index contributed by atoms with van der Waals surface area (Å²) in [6, 6.07) is 9.34. The summed E-state index contributed by atoms with van der Waals surface area (Å²) in [5.41, 5.74) is 9.75. The van der Waals surface area contributed by atoms with Crippen LogP contribution in [0.4, 0.5) is 5.69 Å². The summed E-state index contributed by atoms with van der Waals surface area (Å²) in [5.74, 6) is 0.559. The molecule has 1 aromatic carbocycles. The molecule has 0 spiro atoms. The summed E-state index contributed by atoms with van der Waals surface area (Å²) in [7, 11) is 0. The maximum atomic E-state index is 5.77. The van der Waals surface area contributed by atoms with Gasteiger partial charge in [-0.15, -0.1) is 0 Å². The van der Waals surface area contributed by atoms with Gasteiger partial charge in [-0.25, -0.2) is 4.98 Å². The van der Waals surface area contributed by atoms with E-state index in [-0.39, 0.29) is 0 Å². The summed E-state index contributed by atoms with van der Waals surface area (Å²) < 4.78 is 5.66. The molecule has 17 heavy (non-hydrogen) atoms. The molecule has 0 fully saturated rings. The molecule has 0 aliphatic carbocycles. The van der Waals surface area contributed by atoms with E-state index in [1.165, 1.54) is 0 Å². The number of rotatable bonds is 1. The largest absolute Gasteiger partial charge is 0.434 e. The van der Waals surface area contributed by atoms with Crippen molar-refractivity contribution in [3.05, 3.63) is 42.1 Å². The Morgan fingerprint density at radius 1 is 1.24 bits per heavy atom. The Labute approximate surface area is 98.1 Å². The number of hydrogen-bond acceptors (Lipinski definition) is 4. The average Bonchev–Trinajstić information content (AvgIpc) is 2.75. The Kier molecular flexibility index (Phi) is 2.08. The lowest BCUT2D eigenvalue weighted by atomic mass is 10.1. The van der Waals surface area contributed by atoms with Crippen LogP contribution in [-0.2, 0) is 0 Å². The third-order valence-electron chi connectivity index (χ3n) is 2.66. The van der Waals surface area contributed by atoms with Crippen LogP contribution in [0.25, 0.3) is 22.7 Å². The zero-order valence-electron chi connectivity index (χ0n) is 9.34. The number of oxazole rings is 1. The van der Waals surface area contributed by atoms with Gasteiger partial charge in [0.25, 0.3) is 0 Å². The van der Waals surface area contributed by atoms with Gasteiger partial charge in [0.15, 0.2) is 11.2 Å². The molecule has 3 aromatic rings. The maximum Gasteiger partial charge on any atom is 0.229 e. The number of pyridine rings is 1. The van der Waals surface area contributed by atoms with Crippen LogP contribution in [0.2, 0.25) is 0 Å². The van der Waals surface area contributed by atoms with Gasteiger partial charge in [0, 0.05) is 17.4 Å². The van der Waals surface area contributed by atoms with Crippen molar-refractivity contribution in [3.63, 3.8) is 0 Å². The number of anilines is 1. The Balaban J connectivity index is 2.23. The number of hydrogen-bond donors (Lipinski definition) is 1. The van der Waals surface area contributed by atoms with E-state index in [2.05, 4.69) is 9.97 Å². The number of benzene rings is 1. The molecule has 0 unspecified atom stereocenters. The fourth-order valence-corrected chi connectivity index (χ4v) is 1.75. The molecule has 0 saturated carbocycles. The van der Waals surface area contributed by atoms with E-state index < -0.39 is 0 Å². The van der Waals surface area contributed by atoms with Crippen molar-refractivity contribution in [1.29, 1.82) is 0 Å². The molecule has 0 aliphatic heterocycles. The van der Waals surface area contributed by atoms with Gasteiger partial charge in [-0.3, -0.25) is 0 Å². The van der Waals surface area contributed by atoms with Gasteiger partial charge in [0.2, 0.25) is 5.89 Å². The second-order valence-electron chi connectivity index (χ2n) is 3.92. The van der Waals surface area contributed by atoms with E-state index in [4.69, 9.17) is 10.2 Å². The first-order valence-electron chi connectivity index (χ1n) is 5.32. The fourth-order valence-electron chi connectivity index (χ4n) is 1.75. The fraction of sp³-hybridized carbons (Fsp3) is 0.0769. The summed E-state index contributed by atoms with van der Waals surface area (Å²) in [5, 5.41) is 0. The zero-order chi connectivity index (χ0) is 11.8. The SMILES string of the molecule is Cc1ccc(N)cc1-c1nc2ncccc2o1. The molecule has 84 valence electrons. The van der Waals surface area contributed by atoms with Crippen LogP contribution in [0.3, 0.4) is 0 Å². The number of aryl methyl sites for hydroxylation is 1. The molecule has 3 rings (SSSR count). The second-order valence-corrected chi connectivity index (χ2v) is 3.92. The van der Waals surface area contributed by atoms with E-state index in [0.29, 0.717) is 22.8 Å². The molecule has 2 heterocycles. The molecular formula is C13H11N3O. The first-order valence-corrected chi connectivity index (χ1v) is 5.32. The smallest absolute Gasteiger partial charge is 0.229 e. The summed E-state index contributed by atoms with van der Waals surface area (Å²) >= 11 is 0. The Morgan fingerprint density at radius 2 is 2.12 bits per heavy atom. The second kappa shape index (κ2) is 3.59. The first-order chi connectivity index (χ1) is 8.24. The van der Waals surface area contributed by atoms with Crippen molar-refractivity contribution >= 4 is 16.9 Å². The van der Waals surface area contributed by atoms with Crippen molar-refractivity contribution in [2.24, 2.45) is 0 Å². The van der Waals surface area contributed by atoms with Gasteiger partial charge in [0.05, 0.1) is 0 Å². The van der Waals surface area contributed by atoms with Crippen LogP contribution in [0.1, 0.15) is 5.56 Å². The normalized spacial score (nSPS) is 10.9. The van der Waals surface area contributed by atoms with Gasteiger partial charge in [-0.05, 0) is 36.8 Å². The molecule has 0 aliphatic rings. The van der Waals surface area contributed by atoms with Crippen molar-refractivity contribution in [2.45, 2.75) is 6.92 Å². The highest BCUT2D eigenvalue weighted by Crippen LogP contribution is 2.27. The number of nitrogen functional groups attached to an aromatic ring is 1. The minimum absolute atomic E-state index is 0.559. The van der Waals surface area contributed by atoms with E-state index in [1.807, 2.05) is 37.3 Å². The highest BCUT2D eigenvalue weighted by molar-refractivity contribution is 5.74. The van der Waals surface area contributed by atoms with Crippen LogP contribution < -0.4 is 5.73 Å². The highest BCUT2D eigenvalue weighted by Gasteiger charge is 2.10. The van der Waals surface area contributed by atoms with Gasteiger partial charge < -0.3 is 10.2 Å². The van der Waals surface area contributed by atoms with Crippen LogP contribution in [-0.4, -0.2) is 9.97 Å².